The molecule has 2 fully saturated rings. The second-order valence-corrected chi connectivity index (χ2v) is 6.65. The van der Waals surface area contributed by atoms with Crippen LogP contribution in [0.3, 0.4) is 0 Å². The third kappa shape index (κ3) is 4.76. The van der Waals surface area contributed by atoms with E-state index in [9.17, 15) is 4.79 Å². The van der Waals surface area contributed by atoms with Gasteiger partial charge in [0.25, 0.3) is 0 Å². The smallest absolute Gasteiger partial charge is 0.222 e. The van der Waals surface area contributed by atoms with Crippen molar-refractivity contribution in [3.05, 3.63) is 0 Å². The van der Waals surface area contributed by atoms with Gasteiger partial charge in [0.2, 0.25) is 5.91 Å². The zero-order valence-electron chi connectivity index (χ0n) is 12.9. The molecule has 1 saturated heterocycles. The second kappa shape index (κ2) is 8.66. The monoisotopic (exact) mass is 281 g/mol. The van der Waals surface area contributed by atoms with Crippen LogP contribution in [-0.2, 0) is 4.79 Å². The van der Waals surface area contributed by atoms with Gasteiger partial charge in [0, 0.05) is 25.6 Å². The van der Waals surface area contributed by atoms with E-state index in [-0.39, 0.29) is 6.61 Å². The fraction of sp³-hybridized carbons (Fsp3) is 0.941. The minimum atomic E-state index is 0.250. The largest absolute Gasteiger partial charge is 0.396 e. The van der Waals surface area contributed by atoms with Crippen LogP contribution >= 0.6 is 0 Å². The SMILES string of the molecule is O=C(CCCC1CCCCC1)N1CCCC1CCCO. The van der Waals surface area contributed by atoms with Crippen LogP contribution in [0, 0.1) is 5.92 Å². The van der Waals surface area contributed by atoms with Gasteiger partial charge in [-0.05, 0) is 44.4 Å². The molecule has 1 N–H and O–H groups in total. The summed E-state index contributed by atoms with van der Waals surface area (Å²) in [6, 6.07) is 0.407. The number of carbonyl (C=O) groups is 1. The van der Waals surface area contributed by atoms with Gasteiger partial charge in [-0.25, -0.2) is 0 Å². The Morgan fingerprint density at radius 3 is 2.55 bits per heavy atom. The molecule has 20 heavy (non-hydrogen) atoms. The Labute approximate surface area is 123 Å². The Kier molecular flexibility index (Phi) is 6.85. The molecule has 0 spiro atoms. The van der Waals surface area contributed by atoms with Crippen LogP contribution in [0.5, 0.6) is 0 Å². The van der Waals surface area contributed by atoms with E-state index in [1.807, 2.05) is 0 Å². The Morgan fingerprint density at radius 2 is 1.80 bits per heavy atom. The molecule has 0 aromatic rings. The predicted octanol–water partition coefficient (Wildman–Crippen LogP) is 3.50. The average molecular weight is 281 g/mol. The Balaban J connectivity index is 1.65. The van der Waals surface area contributed by atoms with E-state index in [1.165, 1.54) is 38.5 Å². The van der Waals surface area contributed by atoms with Crippen LogP contribution in [0.15, 0.2) is 0 Å². The molecule has 116 valence electrons. The van der Waals surface area contributed by atoms with Gasteiger partial charge >= 0.3 is 0 Å². The maximum absolute atomic E-state index is 12.3. The van der Waals surface area contributed by atoms with Gasteiger partial charge in [-0.3, -0.25) is 4.79 Å². The van der Waals surface area contributed by atoms with E-state index in [2.05, 4.69) is 4.90 Å². The van der Waals surface area contributed by atoms with Gasteiger partial charge in [-0.1, -0.05) is 32.1 Å². The van der Waals surface area contributed by atoms with E-state index in [0.717, 1.165) is 51.0 Å². The lowest BCUT2D eigenvalue weighted by molar-refractivity contribution is -0.132. The standard InChI is InChI=1S/C17H31NO2/c19-14-6-11-16-10-5-13-18(16)17(20)12-4-9-15-7-2-1-3-8-15/h15-16,19H,1-14H2. The molecule has 2 rings (SSSR count). The molecule has 0 aromatic heterocycles. The third-order valence-corrected chi connectivity index (χ3v) is 5.12. The lowest BCUT2D eigenvalue weighted by Crippen LogP contribution is -2.35. The molecular weight excluding hydrogens is 250 g/mol. The summed E-state index contributed by atoms with van der Waals surface area (Å²) in [5.74, 6) is 1.25. The zero-order chi connectivity index (χ0) is 14.2. The van der Waals surface area contributed by atoms with Crippen molar-refractivity contribution in [2.45, 2.75) is 83.1 Å². The molecule has 3 nitrogen and oxygen atoms in total. The number of hydrogen-bond acceptors (Lipinski definition) is 2. The van der Waals surface area contributed by atoms with Crippen LogP contribution in [0.2, 0.25) is 0 Å². The number of hydrogen-bond donors (Lipinski definition) is 1. The first-order valence-corrected chi connectivity index (χ1v) is 8.71. The van der Waals surface area contributed by atoms with Crippen molar-refractivity contribution < 1.29 is 9.90 Å². The molecule has 1 amide bonds. The molecule has 0 aromatic carbocycles. The number of likely N-dealkylation sites (tertiary alicyclic amines) is 1. The van der Waals surface area contributed by atoms with E-state index in [1.54, 1.807) is 0 Å². The summed E-state index contributed by atoms with van der Waals surface area (Å²) in [5, 5.41) is 8.93. The Bertz CT molecular complexity index is 287. The van der Waals surface area contributed by atoms with Crippen molar-refractivity contribution >= 4 is 5.91 Å². The third-order valence-electron chi connectivity index (χ3n) is 5.12. The number of carbonyl (C=O) groups excluding carboxylic acids is 1. The topological polar surface area (TPSA) is 40.5 Å². The Hall–Kier alpha value is -0.570. The van der Waals surface area contributed by atoms with Gasteiger partial charge in [0.05, 0.1) is 0 Å². The second-order valence-electron chi connectivity index (χ2n) is 6.65. The number of nitrogens with zero attached hydrogens (tertiary/aromatic N) is 1. The molecule has 1 aliphatic heterocycles. The highest BCUT2D eigenvalue weighted by molar-refractivity contribution is 5.76. The number of amides is 1. The van der Waals surface area contributed by atoms with Crippen LogP contribution in [0.25, 0.3) is 0 Å². The number of rotatable bonds is 7. The minimum absolute atomic E-state index is 0.250. The van der Waals surface area contributed by atoms with E-state index in [0.29, 0.717) is 11.9 Å². The molecule has 1 saturated carbocycles. The number of aliphatic hydroxyl groups is 1. The molecule has 1 heterocycles. The van der Waals surface area contributed by atoms with Gasteiger partial charge in [0.1, 0.15) is 0 Å². The summed E-state index contributed by atoms with van der Waals surface area (Å²) in [4.78, 5) is 14.4. The summed E-state index contributed by atoms with van der Waals surface area (Å²) in [7, 11) is 0. The average Bonchev–Trinajstić information content (AvgIpc) is 2.94. The van der Waals surface area contributed by atoms with Gasteiger partial charge in [-0.2, -0.15) is 0 Å². The lowest BCUT2D eigenvalue weighted by atomic mass is 9.86. The summed E-state index contributed by atoms with van der Waals surface area (Å²) in [6.45, 7) is 1.19. The Morgan fingerprint density at radius 1 is 1.00 bits per heavy atom. The summed E-state index contributed by atoms with van der Waals surface area (Å²) >= 11 is 0. The minimum Gasteiger partial charge on any atom is -0.396 e. The molecular formula is C17H31NO2. The highest BCUT2D eigenvalue weighted by Gasteiger charge is 2.27. The van der Waals surface area contributed by atoms with Crippen LogP contribution < -0.4 is 0 Å². The molecule has 1 atom stereocenters. The maximum atomic E-state index is 12.3. The first-order chi connectivity index (χ1) is 9.81. The normalized spacial score (nSPS) is 24.2. The molecule has 0 radical (unpaired) electrons. The fourth-order valence-corrected chi connectivity index (χ4v) is 3.95. The lowest BCUT2D eigenvalue weighted by Gasteiger charge is -2.25. The summed E-state index contributed by atoms with van der Waals surface area (Å²) < 4.78 is 0. The van der Waals surface area contributed by atoms with Crippen molar-refractivity contribution in [3.8, 4) is 0 Å². The van der Waals surface area contributed by atoms with Crippen molar-refractivity contribution in [1.82, 2.24) is 4.90 Å². The van der Waals surface area contributed by atoms with Crippen molar-refractivity contribution in [2.24, 2.45) is 5.92 Å². The predicted molar refractivity (Wildman–Crippen MR) is 81.5 cm³/mol. The molecule has 1 aliphatic carbocycles. The molecule has 2 aliphatic rings. The van der Waals surface area contributed by atoms with Crippen molar-refractivity contribution in [3.63, 3.8) is 0 Å². The van der Waals surface area contributed by atoms with Crippen LogP contribution in [0.4, 0.5) is 0 Å². The van der Waals surface area contributed by atoms with E-state index in [4.69, 9.17) is 5.11 Å². The van der Waals surface area contributed by atoms with Crippen LogP contribution in [0.1, 0.15) is 77.0 Å². The first-order valence-electron chi connectivity index (χ1n) is 8.71. The molecule has 3 heteroatoms. The highest BCUT2D eigenvalue weighted by atomic mass is 16.3. The summed E-state index contributed by atoms with van der Waals surface area (Å²) in [6.07, 6.45) is 14.1. The van der Waals surface area contributed by atoms with E-state index < -0.39 is 0 Å². The van der Waals surface area contributed by atoms with Crippen molar-refractivity contribution in [2.75, 3.05) is 13.2 Å². The van der Waals surface area contributed by atoms with Gasteiger partial charge < -0.3 is 10.0 Å². The van der Waals surface area contributed by atoms with Gasteiger partial charge in [0.15, 0.2) is 0 Å². The zero-order valence-corrected chi connectivity index (χ0v) is 12.9. The maximum Gasteiger partial charge on any atom is 0.222 e. The highest BCUT2D eigenvalue weighted by Crippen LogP contribution is 2.28. The van der Waals surface area contributed by atoms with Crippen LogP contribution in [-0.4, -0.2) is 35.1 Å². The summed E-state index contributed by atoms with van der Waals surface area (Å²) in [5.41, 5.74) is 0. The molecule has 0 bridgehead atoms. The van der Waals surface area contributed by atoms with Gasteiger partial charge in [-0.15, -0.1) is 0 Å². The quantitative estimate of drug-likeness (QED) is 0.776. The fourth-order valence-electron chi connectivity index (χ4n) is 3.95. The number of aliphatic hydroxyl groups excluding tert-OH is 1. The van der Waals surface area contributed by atoms with Crippen molar-refractivity contribution in [1.29, 1.82) is 0 Å². The van der Waals surface area contributed by atoms with E-state index >= 15 is 0 Å². The first kappa shape index (κ1) is 15.8. The molecule has 1 unspecified atom stereocenters.